The van der Waals surface area contributed by atoms with E-state index in [9.17, 15) is 9.18 Å². The number of carbonyl (C=O) groups is 1. The van der Waals surface area contributed by atoms with Crippen molar-refractivity contribution < 1.29 is 9.18 Å². The topological polar surface area (TPSA) is 17.1 Å². The molecular weight excluding hydrogens is 239 g/mol. The second-order valence-corrected chi connectivity index (χ2v) is 4.98. The molecule has 0 radical (unpaired) electrons. The van der Waals surface area contributed by atoms with Gasteiger partial charge in [0.25, 0.3) is 0 Å². The third-order valence-corrected chi connectivity index (χ3v) is 3.44. The molecule has 0 N–H and O–H groups in total. The highest BCUT2D eigenvalue weighted by molar-refractivity contribution is 5.98. The van der Waals surface area contributed by atoms with Gasteiger partial charge in [0.2, 0.25) is 0 Å². The van der Waals surface area contributed by atoms with Gasteiger partial charge >= 0.3 is 0 Å². The van der Waals surface area contributed by atoms with E-state index in [1.54, 1.807) is 6.07 Å². The molecule has 0 aromatic heterocycles. The lowest BCUT2D eigenvalue weighted by Crippen LogP contribution is -2.06. The van der Waals surface area contributed by atoms with E-state index in [-0.39, 0.29) is 11.6 Å². The second kappa shape index (κ2) is 5.35. The van der Waals surface area contributed by atoms with Gasteiger partial charge in [0.05, 0.1) is 0 Å². The van der Waals surface area contributed by atoms with Crippen LogP contribution in [0.1, 0.15) is 32.6 Å². The Labute approximate surface area is 113 Å². The molecule has 0 aliphatic carbocycles. The van der Waals surface area contributed by atoms with E-state index in [1.165, 1.54) is 23.3 Å². The first-order chi connectivity index (χ1) is 8.97. The van der Waals surface area contributed by atoms with Gasteiger partial charge in [-0.25, -0.2) is 4.39 Å². The van der Waals surface area contributed by atoms with Crippen molar-refractivity contribution in [1.82, 2.24) is 0 Å². The molecule has 0 saturated heterocycles. The van der Waals surface area contributed by atoms with Crippen LogP contribution in [0.3, 0.4) is 0 Å². The molecule has 2 aromatic carbocycles. The Bertz CT molecular complexity index is 629. The summed E-state index contributed by atoms with van der Waals surface area (Å²) in [6.07, 6.45) is 0.311. The van der Waals surface area contributed by atoms with Crippen LogP contribution in [0.2, 0.25) is 0 Å². The van der Waals surface area contributed by atoms with Crippen molar-refractivity contribution in [3.05, 3.63) is 70.0 Å². The minimum absolute atomic E-state index is 0.0414. The second-order valence-electron chi connectivity index (χ2n) is 4.98. The van der Waals surface area contributed by atoms with Crippen LogP contribution >= 0.6 is 0 Å². The molecule has 2 heteroatoms. The molecule has 0 atom stereocenters. The molecule has 0 aliphatic heterocycles. The molecule has 0 spiro atoms. The summed E-state index contributed by atoms with van der Waals surface area (Å²) in [4.78, 5) is 12.2. The van der Waals surface area contributed by atoms with E-state index >= 15 is 0 Å². The highest BCUT2D eigenvalue weighted by atomic mass is 19.1. The van der Waals surface area contributed by atoms with Gasteiger partial charge in [0.15, 0.2) is 5.78 Å². The smallest absolute Gasteiger partial charge is 0.167 e. The summed E-state index contributed by atoms with van der Waals surface area (Å²) in [6, 6.07) is 10.3. The van der Waals surface area contributed by atoms with Crippen molar-refractivity contribution in [3.63, 3.8) is 0 Å². The molecule has 0 heterocycles. The summed E-state index contributed by atoms with van der Waals surface area (Å²) < 4.78 is 13.2. The van der Waals surface area contributed by atoms with Crippen molar-refractivity contribution in [2.45, 2.75) is 27.2 Å². The van der Waals surface area contributed by atoms with Crippen molar-refractivity contribution >= 4 is 5.78 Å². The van der Waals surface area contributed by atoms with Crippen LogP contribution in [0.5, 0.6) is 0 Å². The Balaban J connectivity index is 2.25. The number of rotatable bonds is 3. The van der Waals surface area contributed by atoms with Gasteiger partial charge in [-0.3, -0.25) is 4.79 Å². The summed E-state index contributed by atoms with van der Waals surface area (Å²) in [6.45, 7) is 5.89. The van der Waals surface area contributed by atoms with Crippen LogP contribution in [0.15, 0.2) is 36.4 Å². The number of Topliss-reactive ketones (excluding diaryl/α,β-unsaturated/α-hetero) is 1. The number of benzene rings is 2. The van der Waals surface area contributed by atoms with Crippen molar-refractivity contribution in [2.24, 2.45) is 0 Å². The fraction of sp³-hybridized carbons (Fsp3) is 0.235. The lowest BCUT2D eigenvalue weighted by Gasteiger charge is -2.07. The third-order valence-electron chi connectivity index (χ3n) is 3.44. The average Bonchev–Trinajstić information content (AvgIpc) is 2.36. The number of hydrogen-bond acceptors (Lipinski definition) is 1. The maximum absolute atomic E-state index is 13.2. The van der Waals surface area contributed by atoms with Crippen LogP contribution in [-0.2, 0) is 6.42 Å². The average molecular weight is 256 g/mol. The van der Waals surface area contributed by atoms with Crippen LogP contribution in [0, 0.1) is 26.6 Å². The fourth-order valence-electron chi connectivity index (χ4n) is 2.09. The summed E-state index contributed by atoms with van der Waals surface area (Å²) >= 11 is 0. The molecule has 0 saturated carbocycles. The van der Waals surface area contributed by atoms with E-state index in [1.807, 2.05) is 39.0 Å². The number of aryl methyl sites for hydroxylation is 3. The zero-order valence-corrected chi connectivity index (χ0v) is 11.5. The molecular formula is C17H17FO. The summed E-state index contributed by atoms with van der Waals surface area (Å²) in [5.41, 5.74) is 4.63. The minimum atomic E-state index is -0.367. The van der Waals surface area contributed by atoms with Crippen LogP contribution in [-0.4, -0.2) is 5.78 Å². The number of halogens is 1. The number of ketones is 1. The minimum Gasteiger partial charge on any atom is -0.294 e. The lowest BCUT2D eigenvalue weighted by molar-refractivity contribution is 0.0992. The van der Waals surface area contributed by atoms with E-state index in [0.717, 1.165) is 11.1 Å². The van der Waals surface area contributed by atoms with E-state index < -0.39 is 0 Å². The highest BCUT2D eigenvalue weighted by Crippen LogP contribution is 2.16. The van der Waals surface area contributed by atoms with E-state index in [2.05, 4.69) is 0 Å². The Morgan fingerprint density at radius 1 is 0.947 bits per heavy atom. The Kier molecular flexibility index (Phi) is 3.79. The zero-order chi connectivity index (χ0) is 14.0. The Morgan fingerprint density at radius 2 is 1.63 bits per heavy atom. The van der Waals surface area contributed by atoms with Crippen molar-refractivity contribution in [3.8, 4) is 0 Å². The molecule has 98 valence electrons. The van der Waals surface area contributed by atoms with Crippen LogP contribution < -0.4 is 0 Å². The van der Waals surface area contributed by atoms with Gasteiger partial charge in [-0.2, -0.15) is 0 Å². The van der Waals surface area contributed by atoms with Crippen molar-refractivity contribution in [1.29, 1.82) is 0 Å². The van der Waals surface area contributed by atoms with Crippen LogP contribution in [0.4, 0.5) is 4.39 Å². The molecule has 2 aromatic rings. The van der Waals surface area contributed by atoms with Gasteiger partial charge in [0.1, 0.15) is 5.82 Å². The lowest BCUT2D eigenvalue weighted by atomic mass is 9.97. The number of carbonyl (C=O) groups excluding carboxylic acids is 1. The molecule has 2 rings (SSSR count). The Hall–Kier alpha value is -1.96. The molecule has 0 amide bonds. The quantitative estimate of drug-likeness (QED) is 0.753. The standard InChI is InChI=1S/C17H17FO/c1-11-4-6-14(8-13(11)3)9-17(19)16-10-15(18)7-5-12(16)2/h4-8,10H,9H2,1-3H3. The van der Waals surface area contributed by atoms with E-state index in [0.29, 0.717) is 12.0 Å². The largest absolute Gasteiger partial charge is 0.294 e. The molecule has 0 unspecified atom stereocenters. The van der Waals surface area contributed by atoms with Gasteiger partial charge in [0, 0.05) is 12.0 Å². The monoisotopic (exact) mass is 256 g/mol. The first-order valence-electron chi connectivity index (χ1n) is 6.33. The SMILES string of the molecule is Cc1ccc(CC(=O)c2cc(F)ccc2C)cc1C. The van der Waals surface area contributed by atoms with Crippen LogP contribution in [0.25, 0.3) is 0 Å². The van der Waals surface area contributed by atoms with E-state index in [4.69, 9.17) is 0 Å². The third kappa shape index (κ3) is 3.08. The maximum atomic E-state index is 13.2. The van der Waals surface area contributed by atoms with Gasteiger partial charge in [-0.1, -0.05) is 24.3 Å². The molecule has 0 bridgehead atoms. The Morgan fingerprint density at radius 3 is 2.32 bits per heavy atom. The predicted molar refractivity (Wildman–Crippen MR) is 75.1 cm³/mol. The molecule has 0 fully saturated rings. The first kappa shape index (κ1) is 13.5. The molecule has 19 heavy (non-hydrogen) atoms. The predicted octanol–water partition coefficient (Wildman–Crippen LogP) is 4.18. The van der Waals surface area contributed by atoms with Gasteiger partial charge < -0.3 is 0 Å². The number of hydrogen-bond donors (Lipinski definition) is 0. The highest BCUT2D eigenvalue weighted by Gasteiger charge is 2.11. The summed E-state index contributed by atoms with van der Waals surface area (Å²) in [5.74, 6) is -0.408. The zero-order valence-electron chi connectivity index (χ0n) is 11.5. The summed E-state index contributed by atoms with van der Waals surface area (Å²) in [7, 11) is 0. The fourth-order valence-corrected chi connectivity index (χ4v) is 2.09. The van der Waals surface area contributed by atoms with Gasteiger partial charge in [-0.15, -0.1) is 0 Å². The van der Waals surface area contributed by atoms with Crippen molar-refractivity contribution in [2.75, 3.05) is 0 Å². The first-order valence-corrected chi connectivity index (χ1v) is 6.33. The van der Waals surface area contributed by atoms with Gasteiger partial charge in [-0.05, 0) is 55.2 Å². The molecule has 0 aliphatic rings. The summed E-state index contributed by atoms with van der Waals surface area (Å²) in [5, 5.41) is 0. The normalized spacial score (nSPS) is 10.5. The maximum Gasteiger partial charge on any atom is 0.167 e. The molecule has 1 nitrogen and oxygen atoms in total.